The second-order valence-corrected chi connectivity index (χ2v) is 4.65. The molecule has 2 atom stereocenters. The van der Waals surface area contributed by atoms with Crippen LogP contribution in [0.15, 0.2) is 18.2 Å². The van der Waals surface area contributed by atoms with Gasteiger partial charge < -0.3 is 5.73 Å². The van der Waals surface area contributed by atoms with E-state index in [9.17, 15) is 9.18 Å². The normalized spacial score (nSPS) is 14.4. The number of Topliss-reactive ketones (excluding diaryl/α,β-unsaturated/α-hetero) is 1. The maximum atomic E-state index is 13.2. The molecule has 2 unspecified atom stereocenters. The number of carbonyl (C=O) groups excluding carboxylic acids is 1. The van der Waals surface area contributed by atoms with Crippen LogP contribution >= 0.6 is 11.6 Å². The van der Waals surface area contributed by atoms with Crippen LogP contribution in [0, 0.1) is 11.7 Å². The van der Waals surface area contributed by atoms with E-state index in [0.717, 1.165) is 6.42 Å². The number of carbonyl (C=O) groups is 1. The average Bonchev–Trinajstić information content (AvgIpc) is 2.32. The first-order valence-electron chi connectivity index (χ1n) is 5.68. The van der Waals surface area contributed by atoms with E-state index in [1.807, 2.05) is 13.8 Å². The highest BCUT2D eigenvalue weighted by Gasteiger charge is 2.20. The average molecular weight is 258 g/mol. The van der Waals surface area contributed by atoms with Crippen molar-refractivity contribution in [2.24, 2.45) is 11.7 Å². The fourth-order valence-corrected chi connectivity index (χ4v) is 1.75. The van der Waals surface area contributed by atoms with Gasteiger partial charge in [0.05, 0.1) is 11.1 Å². The Morgan fingerprint density at radius 1 is 1.53 bits per heavy atom. The molecule has 17 heavy (non-hydrogen) atoms. The van der Waals surface area contributed by atoms with Crippen molar-refractivity contribution in [3.05, 3.63) is 34.6 Å². The first kappa shape index (κ1) is 14.1. The molecule has 0 saturated carbocycles. The number of hydrogen-bond acceptors (Lipinski definition) is 2. The Morgan fingerprint density at radius 2 is 2.18 bits per heavy atom. The summed E-state index contributed by atoms with van der Waals surface area (Å²) in [5, 5.41) is 0.0113. The molecule has 2 N–H and O–H groups in total. The molecule has 2 nitrogen and oxygen atoms in total. The molecule has 0 spiro atoms. The summed E-state index contributed by atoms with van der Waals surface area (Å²) in [7, 11) is 0. The van der Waals surface area contributed by atoms with E-state index < -0.39 is 11.9 Å². The van der Waals surface area contributed by atoms with Gasteiger partial charge in [0.25, 0.3) is 0 Å². The quantitative estimate of drug-likeness (QED) is 0.881. The summed E-state index contributed by atoms with van der Waals surface area (Å²) in [6.45, 7) is 3.91. The monoisotopic (exact) mass is 257 g/mol. The van der Waals surface area contributed by atoms with Gasteiger partial charge >= 0.3 is 0 Å². The Bertz CT molecular complexity index is 408. The van der Waals surface area contributed by atoms with Crippen molar-refractivity contribution in [3.63, 3.8) is 0 Å². The number of nitrogens with two attached hydrogens (primary N) is 1. The van der Waals surface area contributed by atoms with Gasteiger partial charge in [0, 0.05) is 6.42 Å². The minimum Gasteiger partial charge on any atom is -0.321 e. The third kappa shape index (κ3) is 3.51. The van der Waals surface area contributed by atoms with Crippen molar-refractivity contribution >= 4 is 17.4 Å². The van der Waals surface area contributed by atoms with E-state index in [1.54, 1.807) is 12.1 Å². The molecular formula is C13H17ClFNO. The molecule has 0 amide bonds. The largest absolute Gasteiger partial charge is 0.321 e. The number of hydrogen-bond donors (Lipinski definition) is 1. The molecular weight excluding hydrogens is 241 g/mol. The van der Waals surface area contributed by atoms with Gasteiger partial charge in [-0.15, -0.1) is 0 Å². The van der Waals surface area contributed by atoms with E-state index in [2.05, 4.69) is 0 Å². The molecule has 0 aliphatic rings. The van der Waals surface area contributed by atoms with Crippen LogP contribution in [0.4, 0.5) is 4.39 Å². The van der Waals surface area contributed by atoms with Crippen LogP contribution in [0.5, 0.6) is 0 Å². The Balaban J connectivity index is 2.78. The molecule has 0 bridgehead atoms. The van der Waals surface area contributed by atoms with Gasteiger partial charge in [0.15, 0.2) is 5.78 Å². The summed E-state index contributed by atoms with van der Waals surface area (Å²) >= 11 is 5.79. The lowest BCUT2D eigenvalue weighted by atomic mass is 9.93. The molecule has 4 heteroatoms. The zero-order chi connectivity index (χ0) is 13.0. The van der Waals surface area contributed by atoms with Crippen LogP contribution in [-0.2, 0) is 11.2 Å². The topological polar surface area (TPSA) is 43.1 Å². The van der Waals surface area contributed by atoms with Gasteiger partial charge in [-0.3, -0.25) is 4.79 Å². The highest BCUT2D eigenvalue weighted by atomic mass is 35.5. The molecule has 0 radical (unpaired) electrons. The fourth-order valence-electron chi connectivity index (χ4n) is 1.56. The third-order valence-electron chi connectivity index (χ3n) is 3.03. The molecule has 0 heterocycles. The minimum absolute atomic E-state index is 0.0113. The van der Waals surface area contributed by atoms with Crippen molar-refractivity contribution in [2.45, 2.75) is 32.7 Å². The van der Waals surface area contributed by atoms with Crippen LogP contribution in [0.25, 0.3) is 0 Å². The number of ketones is 1. The second kappa shape index (κ2) is 6.12. The Hall–Kier alpha value is -0.930. The first-order valence-corrected chi connectivity index (χ1v) is 6.06. The van der Waals surface area contributed by atoms with E-state index >= 15 is 0 Å². The lowest BCUT2D eigenvalue weighted by Crippen LogP contribution is -2.37. The summed E-state index contributed by atoms with van der Waals surface area (Å²) in [4.78, 5) is 11.9. The van der Waals surface area contributed by atoms with Gasteiger partial charge in [-0.2, -0.15) is 0 Å². The van der Waals surface area contributed by atoms with Crippen LogP contribution in [0.1, 0.15) is 25.8 Å². The standard InChI is InChI=1S/C13H17ClFNO/c1-3-8(2)13(16)11(17)7-9-5-4-6-10(15)12(9)14/h4-6,8,13H,3,7,16H2,1-2H3. The highest BCUT2D eigenvalue weighted by Crippen LogP contribution is 2.21. The van der Waals surface area contributed by atoms with Crippen LogP contribution in [0.3, 0.4) is 0 Å². The maximum Gasteiger partial charge on any atom is 0.154 e. The lowest BCUT2D eigenvalue weighted by molar-refractivity contribution is -0.120. The molecule has 0 aromatic heterocycles. The summed E-state index contributed by atoms with van der Waals surface area (Å²) in [6, 6.07) is 3.94. The van der Waals surface area contributed by atoms with Crippen molar-refractivity contribution < 1.29 is 9.18 Å². The molecule has 1 aromatic rings. The van der Waals surface area contributed by atoms with Crippen LogP contribution < -0.4 is 5.73 Å². The maximum absolute atomic E-state index is 13.2. The number of halogens is 2. The minimum atomic E-state index is -0.515. The number of benzene rings is 1. The fraction of sp³-hybridized carbons (Fsp3) is 0.462. The van der Waals surface area contributed by atoms with Gasteiger partial charge in [-0.25, -0.2) is 4.39 Å². The second-order valence-electron chi connectivity index (χ2n) is 4.27. The molecule has 94 valence electrons. The summed E-state index contributed by atoms with van der Waals surface area (Å²) in [6.07, 6.45) is 0.923. The SMILES string of the molecule is CCC(C)C(N)C(=O)Cc1cccc(F)c1Cl. The highest BCUT2D eigenvalue weighted by molar-refractivity contribution is 6.31. The molecule has 1 rings (SSSR count). The zero-order valence-electron chi connectivity index (χ0n) is 10.0. The van der Waals surface area contributed by atoms with Crippen molar-refractivity contribution in [1.29, 1.82) is 0 Å². The zero-order valence-corrected chi connectivity index (χ0v) is 10.8. The molecule has 1 aromatic carbocycles. The van der Waals surface area contributed by atoms with Crippen molar-refractivity contribution in [1.82, 2.24) is 0 Å². The van der Waals surface area contributed by atoms with E-state index in [-0.39, 0.29) is 23.1 Å². The van der Waals surface area contributed by atoms with Gasteiger partial charge in [0.1, 0.15) is 5.82 Å². The summed E-state index contributed by atoms with van der Waals surface area (Å²) in [5.74, 6) is -0.490. The predicted molar refractivity (Wildman–Crippen MR) is 67.6 cm³/mol. The summed E-state index contributed by atoms with van der Waals surface area (Å²) in [5.41, 5.74) is 6.32. The molecule has 0 saturated heterocycles. The van der Waals surface area contributed by atoms with Gasteiger partial charge in [0.2, 0.25) is 0 Å². The van der Waals surface area contributed by atoms with Gasteiger partial charge in [-0.1, -0.05) is 44.0 Å². The van der Waals surface area contributed by atoms with E-state index in [1.165, 1.54) is 6.07 Å². The number of rotatable bonds is 5. The Morgan fingerprint density at radius 3 is 2.76 bits per heavy atom. The Labute approximate surface area is 106 Å². The predicted octanol–water partition coefficient (Wildman–Crippen LogP) is 2.96. The van der Waals surface area contributed by atoms with Crippen LogP contribution in [-0.4, -0.2) is 11.8 Å². The van der Waals surface area contributed by atoms with Crippen molar-refractivity contribution in [3.8, 4) is 0 Å². The molecule has 0 aliphatic heterocycles. The Kier molecular flexibility index (Phi) is 5.09. The molecule has 0 fully saturated rings. The summed E-state index contributed by atoms with van der Waals surface area (Å²) < 4.78 is 13.2. The molecule has 0 aliphatic carbocycles. The van der Waals surface area contributed by atoms with E-state index in [0.29, 0.717) is 5.56 Å². The smallest absolute Gasteiger partial charge is 0.154 e. The van der Waals surface area contributed by atoms with Crippen LogP contribution in [0.2, 0.25) is 5.02 Å². The lowest BCUT2D eigenvalue weighted by Gasteiger charge is -2.17. The van der Waals surface area contributed by atoms with Crippen molar-refractivity contribution in [2.75, 3.05) is 0 Å². The van der Waals surface area contributed by atoms with Gasteiger partial charge in [-0.05, 0) is 17.5 Å². The first-order chi connectivity index (χ1) is 7.97. The third-order valence-corrected chi connectivity index (χ3v) is 3.45. The van der Waals surface area contributed by atoms with E-state index in [4.69, 9.17) is 17.3 Å².